The maximum atomic E-state index is 12.4. The normalized spacial score (nSPS) is 10.8. The van der Waals surface area contributed by atoms with Gasteiger partial charge in [-0.1, -0.05) is 40.2 Å². The van der Waals surface area contributed by atoms with Gasteiger partial charge < -0.3 is 4.74 Å². The molecule has 0 heterocycles. The van der Waals surface area contributed by atoms with E-state index in [4.69, 9.17) is 4.74 Å². The van der Waals surface area contributed by atoms with Crippen molar-refractivity contribution in [2.24, 2.45) is 0 Å². The van der Waals surface area contributed by atoms with E-state index in [0.29, 0.717) is 11.3 Å². The lowest BCUT2D eigenvalue weighted by Gasteiger charge is -2.03. The first-order chi connectivity index (χ1) is 10.1. The number of ether oxygens (including phenoxy) is 1. The fourth-order valence-electron chi connectivity index (χ4n) is 1.79. The fraction of sp³-hybridized carbons (Fsp3) is 0.0588. The predicted octanol–water partition coefficient (Wildman–Crippen LogP) is 4.25. The van der Waals surface area contributed by atoms with Crippen molar-refractivity contribution in [3.05, 3.63) is 69.7 Å². The maximum Gasteiger partial charge on any atom is 0.203 e. The largest absolute Gasteiger partial charge is 0.497 e. The number of nitrogens with zero attached hydrogens (tertiary/aromatic N) is 1. The molecule has 0 aromatic heterocycles. The lowest BCUT2D eigenvalue weighted by molar-refractivity contribution is 0.103. The van der Waals surface area contributed by atoms with E-state index in [2.05, 4.69) is 15.9 Å². The Bertz CT molecular complexity index is 727. The fourth-order valence-corrected chi connectivity index (χ4v) is 2.06. The van der Waals surface area contributed by atoms with E-state index >= 15 is 0 Å². The Morgan fingerprint density at radius 3 is 2.57 bits per heavy atom. The van der Waals surface area contributed by atoms with Crippen LogP contribution in [0, 0.1) is 11.3 Å². The molecule has 0 N–H and O–H groups in total. The summed E-state index contributed by atoms with van der Waals surface area (Å²) in [4.78, 5) is 12.4. The molecule has 0 aliphatic heterocycles. The Balaban J connectivity index is 2.34. The minimum absolute atomic E-state index is 0.0885. The second-order valence-electron chi connectivity index (χ2n) is 4.28. The summed E-state index contributed by atoms with van der Waals surface area (Å²) in [5.74, 6) is 0.265. The number of carbonyl (C=O) groups excluding carboxylic acids is 1. The number of benzene rings is 2. The molecule has 0 atom stereocenters. The number of ketones is 1. The number of allylic oxidation sites excluding steroid dienone is 1. The number of methoxy groups -OCH3 is 1. The van der Waals surface area contributed by atoms with Gasteiger partial charge in [0.25, 0.3) is 0 Å². The van der Waals surface area contributed by atoms with Crippen LogP contribution in [-0.2, 0) is 0 Å². The highest BCUT2D eigenvalue weighted by molar-refractivity contribution is 9.10. The molecule has 0 aliphatic rings. The number of halogens is 1. The monoisotopic (exact) mass is 341 g/mol. The molecule has 2 rings (SSSR count). The molecule has 0 bridgehead atoms. The average molecular weight is 342 g/mol. The van der Waals surface area contributed by atoms with Crippen LogP contribution in [0.15, 0.2) is 58.6 Å². The number of Topliss-reactive ketones (excluding diaryl/α,β-unsaturated/α-hetero) is 1. The molecule has 0 unspecified atom stereocenters. The average Bonchev–Trinajstić information content (AvgIpc) is 2.53. The van der Waals surface area contributed by atoms with Gasteiger partial charge in [0.05, 0.1) is 7.11 Å². The van der Waals surface area contributed by atoms with Crippen LogP contribution in [0.25, 0.3) is 6.08 Å². The molecule has 0 saturated heterocycles. The molecule has 0 aliphatic carbocycles. The summed E-state index contributed by atoms with van der Waals surface area (Å²) in [5.41, 5.74) is 1.32. The van der Waals surface area contributed by atoms with E-state index in [0.717, 1.165) is 10.0 Å². The molecule has 0 spiro atoms. The molecule has 0 radical (unpaired) electrons. The van der Waals surface area contributed by atoms with Crippen LogP contribution in [0.1, 0.15) is 15.9 Å². The third kappa shape index (κ3) is 3.80. The van der Waals surface area contributed by atoms with Gasteiger partial charge in [0.15, 0.2) is 0 Å². The Morgan fingerprint density at radius 2 is 1.95 bits per heavy atom. The second kappa shape index (κ2) is 6.87. The summed E-state index contributed by atoms with van der Waals surface area (Å²) >= 11 is 3.34. The highest BCUT2D eigenvalue weighted by Crippen LogP contribution is 2.18. The summed E-state index contributed by atoms with van der Waals surface area (Å²) in [5, 5.41) is 9.22. The first kappa shape index (κ1) is 15.0. The van der Waals surface area contributed by atoms with Gasteiger partial charge in [-0.15, -0.1) is 0 Å². The molecule has 0 fully saturated rings. The smallest absolute Gasteiger partial charge is 0.203 e. The van der Waals surface area contributed by atoms with Gasteiger partial charge in [0.1, 0.15) is 17.4 Å². The van der Waals surface area contributed by atoms with Crippen LogP contribution in [0.2, 0.25) is 0 Å². The summed E-state index contributed by atoms with van der Waals surface area (Å²) in [6, 6.07) is 16.1. The zero-order chi connectivity index (χ0) is 15.2. The van der Waals surface area contributed by atoms with Crippen molar-refractivity contribution < 1.29 is 9.53 Å². The lowest BCUT2D eigenvalue weighted by atomic mass is 10.0. The second-order valence-corrected chi connectivity index (χ2v) is 5.20. The minimum Gasteiger partial charge on any atom is -0.497 e. The lowest BCUT2D eigenvalue weighted by Crippen LogP contribution is -2.02. The highest BCUT2D eigenvalue weighted by Gasteiger charge is 2.12. The van der Waals surface area contributed by atoms with Gasteiger partial charge in [-0.25, -0.2) is 0 Å². The number of hydrogen-bond acceptors (Lipinski definition) is 3. The Labute approximate surface area is 131 Å². The van der Waals surface area contributed by atoms with Gasteiger partial charge in [0.2, 0.25) is 5.78 Å². The topological polar surface area (TPSA) is 50.1 Å². The number of hydrogen-bond donors (Lipinski definition) is 0. The minimum atomic E-state index is -0.320. The zero-order valence-corrected chi connectivity index (χ0v) is 12.9. The molecule has 2 aromatic rings. The predicted molar refractivity (Wildman–Crippen MR) is 85.1 cm³/mol. The SMILES string of the molecule is COc1cccc(C(=O)C(C#N)=Cc2ccc(Br)cc2)c1. The van der Waals surface area contributed by atoms with Crippen molar-refractivity contribution in [3.63, 3.8) is 0 Å². The zero-order valence-electron chi connectivity index (χ0n) is 11.3. The van der Waals surface area contributed by atoms with Crippen molar-refractivity contribution >= 4 is 27.8 Å². The van der Waals surface area contributed by atoms with Gasteiger partial charge in [-0.3, -0.25) is 4.79 Å². The summed E-state index contributed by atoms with van der Waals surface area (Å²) in [6.07, 6.45) is 1.58. The van der Waals surface area contributed by atoms with E-state index in [-0.39, 0.29) is 11.4 Å². The van der Waals surface area contributed by atoms with Crippen LogP contribution in [0.3, 0.4) is 0 Å². The summed E-state index contributed by atoms with van der Waals surface area (Å²) in [6.45, 7) is 0. The van der Waals surface area contributed by atoms with Gasteiger partial charge >= 0.3 is 0 Å². The molecule has 21 heavy (non-hydrogen) atoms. The molecule has 0 saturated carbocycles. The van der Waals surface area contributed by atoms with Gasteiger partial charge in [-0.2, -0.15) is 5.26 Å². The molecule has 3 nitrogen and oxygen atoms in total. The van der Waals surface area contributed by atoms with Gasteiger partial charge in [-0.05, 0) is 35.9 Å². The first-order valence-electron chi connectivity index (χ1n) is 6.20. The first-order valence-corrected chi connectivity index (χ1v) is 6.99. The summed E-state index contributed by atoms with van der Waals surface area (Å²) < 4.78 is 6.03. The maximum absolute atomic E-state index is 12.4. The third-order valence-corrected chi connectivity index (χ3v) is 3.41. The van der Waals surface area contributed by atoms with Crippen LogP contribution in [0.5, 0.6) is 5.75 Å². The standard InChI is InChI=1S/C17H12BrNO2/c1-21-16-4-2-3-13(10-16)17(20)14(11-19)9-12-5-7-15(18)8-6-12/h2-10H,1H3. The van der Waals surface area contributed by atoms with Crippen molar-refractivity contribution in [2.75, 3.05) is 7.11 Å². The Morgan fingerprint density at radius 1 is 1.24 bits per heavy atom. The van der Waals surface area contributed by atoms with Crippen molar-refractivity contribution in [1.82, 2.24) is 0 Å². The van der Waals surface area contributed by atoms with Crippen molar-refractivity contribution in [1.29, 1.82) is 5.26 Å². The molecular weight excluding hydrogens is 330 g/mol. The molecule has 2 aromatic carbocycles. The molecule has 104 valence electrons. The van der Waals surface area contributed by atoms with E-state index in [1.165, 1.54) is 7.11 Å². The van der Waals surface area contributed by atoms with E-state index in [1.807, 2.05) is 30.3 Å². The van der Waals surface area contributed by atoms with E-state index in [9.17, 15) is 10.1 Å². The quantitative estimate of drug-likeness (QED) is 0.474. The number of nitriles is 1. The van der Waals surface area contributed by atoms with Gasteiger partial charge in [0, 0.05) is 10.0 Å². The number of carbonyl (C=O) groups is 1. The van der Waals surface area contributed by atoms with Crippen LogP contribution in [-0.4, -0.2) is 12.9 Å². The Kier molecular flexibility index (Phi) is 4.91. The third-order valence-electron chi connectivity index (χ3n) is 2.88. The van der Waals surface area contributed by atoms with Crippen molar-refractivity contribution in [3.8, 4) is 11.8 Å². The summed E-state index contributed by atoms with van der Waals surface area (Å²) in [7, 11) is 1.53. The van der Waals surface area contributed by atoms with Crippen molar-refractivity contribution in [2.45, 2.75) is 0 Å². The van der Waals surface area contributed by atoms with E-state index in [1.54, 1.807) is 30.3 Å². The van der Waals surface area contributed by atoms with E-state index < -0.39 is 0 Å². The highest BCUT2D eigenvalue weighted by atomic mass is 79.9. The molecule has 4 heteroatoms. The number of rotatable bonds is 4. The molecular formula is C17H12BrNO2. The van der Waals surface area contributed by atoms with Crippen LogP contribution in [0.4, 0.5) is 0 Å². The Hall–Kier alpha value is -2.38. The van der Waals surface area contributed by atoms with Crippen LogP contribution >= 0.6 is 15.9 Å². The van der Waals surface area contributed by atoms with Crippen LogP contribution < -0.4 is 4.74 Å². The molecule has 0 amide bonds.